The molecule has 3 heterocycles. The van der Waals surface area contributed by atoms with Crippen molar-refractivity contribution in [3.8, 4) is 0 Å². The van der Waals surface area contributed by atoms with Crippen LogP contribution in [-0.4, -0.2) is 193 Å². The van der Waals surface area contributed by atoms with Gasteiger partial charge in [0.1, 0.15) is 73.2 Å². The van der Waals surface area contributed by atoms with E-state index >= 15 is 0 Å². The molecule has 17 unspecified atom stereocenters. The number of hydrogen-bond donors (Lipinski definition) is 12. The lowest BCUT2D eigenvalue weighted by Gasteiger charge is -2.48. The lowest BCUT2D eigenvalue weighted by atomic mass is 9.96. The molecular weight excluding hydrogens is 1140 g/mol. The van der Waals surface area contributed by atoms with Gasteiger partial charge < -0.3 is 89.9 Å². The summed E-state index contributed by atoms with van der Waals surface area (Å²) in [5, 5.41) is 121. The fourth-order valence-electron chi connectivity index (χ4n) is 12.7. The SMILES string of the molecule is CCCCCCCCCC/C=C\CCCCCCCCCCCCCCCCCCCC(=O)NC(COC1OC(CO)C(OC2OC(CO)C(OC3OC(CO)C(O)C(O)C3O)C(O)C2O)C(O)C1O)C(O)CCCCCCCCCCCCCCCCC. The number of aliphatic hydroxyl groups is 11. The average Bonchev–Trinajstić information content (AvgIpc) is 2.42. The van der Waals surface area contributed by atoms with Gasteiger partial charge in [-0.3, -0.25) is 4.79 Å². The predicted molar refractivity (Wildman–Crippen MR) is 347 cm³/mol. The summed E-state index contributed by atoms with van der Waals surface area (Å²) in [5.41, 5.74) is 0. The molecule has 89 heavy (non-hydrogen) atoms. The Labute approximate surface area is 537 Å². The van der Waals surface area contributed by atoms with Crippen molar-refractivity contribution < 1.29 is 89.4 Å². The molecule has 0 radical (unpaired) electrons. The quantitative estimate of drug-likeness (QED) is 0.0199. The molecule has 0 aromatic carbocycles. The first kappa shape index (κ1) is 81.8. The van der Waals surface area contributed by atoms with E-state index < -0.39 is 124 Å². The summed E-state index contributed by atoms with van der Waals surface area (Å²) >= 11 is 0. The van der Waals surface area contributed by atoms with Crippen molar-refractivity contribution >= 4 is 5.91 Å². The smallest absolute Gasteiger partial charge is 0.220 e. The largest absolute Gasteiger partial charge is 0.394 e. The number of carbonyl (C=O) groups excluding carboxylic acids is 1. The van der Waals surface area contributed by atoms with Crippen LogP contribution in [0.15, 0.2) is 12.2 Å². The molecule has 0 spiro atoms. The number of carbonyl (C=O) groups is 1. The Balaban J connectivity index is 1.37. The van der Waals surface area contributed by atoms with E-state index in [9.17, 15) is 61.0 Å². The zero-order chi connectivity index (χ0) is 64.7. The second-order valence-electron chi connectivity index (χ2n) is 26.4. The van der Waals surface area contributed by atoms with Crippen LogP contribution in [0.25, 0.3) is 0 Å². The molecule has 19 heteroatoms. The molecule has 17 atom stereocenters. The molecule has 12 N–H and O–H groups in total. The van der Waals surface area contributed by atoms with Crippen LogP contribution in [0, 0.1) is 0 Å². The minimum Gasteiger partial charge on any atom is -0.394 e. The monoisotopic (exact) mass is 1280 g/mol. The normalized spacial score (nSPS) is 28.2. The van der Waals surface area contributed by atoms with E-state index in [2.05, 4.69) is 31.3 Å². The highest BCUT2D eigenvalue weighted by atomic mass is 16.8. The molecule has 0 bridgehead atoms. The number of hydrogen-bond acceptors (Lipinski definition) is 18. The molecule has 1 amide bonds. The van der Waals surface area contributed by atoms with Gasteiger partial charge in [-0.1, -0.05) is 264 Å². The number of ether oxygens (including phenoxy) is 6. The van der Waals surface area contributed by atoms with Crippen molar-refractivity contribution in [3.63, 3.8) is 0 Å². The molecule has 0 aromatic heterocycles. The molecule has 0 saturated carbocycles. The van der Waals surface area contributed by atoms with E-state index in [1.807, 2.05) is 0 Å². The molecule has 19 nitrogen and oxygen atoms in total. The number of allylic oxidation sites excluding steroid dienone is 2. The van der Waals surface area contributed by atoms with Gasteiger partial charge in [0.05, 0.1) is 38.6 Å². The lowest BCUT2D eigenvalue weighted by Crippen LogP contribution is -2.66. The standard InChI is InChI=1S/C70H133NO18/c1-3-5-7-9-11-13-15-17-19-20-21-22-23-24-25-26-27-28-29-30-31-32-34-36-38-40-42-44-46-48-58(76)71-53(54(75)47-45-43-41-39-37-35-33-18-16-14-12-10-8-6-4-2)52-84-68-64(82)61(79)66(56(50-73)86-68)89-70-65(83)62(80)67(57(51-74)87-70)88-69-63(81)60(78)59(77)55(49-72)85-69/h20-21,53-57,59-70,72-75,77-83H,3-19,22-52H2,1-2H3,(H,71,76)/b21-20-. The lowest BCUT2D eigenvalue weighted by molar-refractivity contribution is -0.379. The van der Waals surface area contributed by atoms with Crippen molar-refractivity contribution in [2.75, 3.05) is 26.4 Å². The van der Waals surface area contributed by atoms with E-state index in [1.165, 1.54) is 218 Å². The highest BCUT2D eigenvalue weighted by Crippen LogP contribution is 2.33. The van der Waals surface area contributed by atoms with E-state index in [1.54, 1.807) is 0 Å². The zero-order valence-corrected chi connectivity index (χ0v) is 55.7. The van der Waals surface area contributed by atoms with E-state index in [-0.39, 0.29) is 18.9 Å². The molecule has 3 rings (SSSR count). The summed E-state index contributed by atoms with van der Waals surface area (Å²) in [4.78, 5) is 13.4. The molecule has 3 saturated heterocycles. The maximum Gasteiger partial charge on any atom is 0.220 e. The van der Waals surface area contributed by atoms with Crippen LogP contribution < -0.4 is 5.32 Å². The van der Waals surface area contributed by atoms with Crippen LogP contribution in [0.2, 0.25) is 0 Å². The number of unbranched alkanes of at least 4 members (excludes halogenated alkanes) is 39. The van der Waals surface area contributed by atoms with E-state index in [0.29, 0.717) is 12.8 Å². The maximum absolute atomic E-state index is 13.4. The predicted octanol–water partition coefficient (Wildman–Crippen LogP) is 10.1. The summed E-state index contributed by atoms with van der Waals surface area (Å²) in [5.74, 6) is -0.237. The summed E-state index contributed by atoms with van der Waals surface area (Å²) in [6.45, 7) is 1.83. The van der Waals surface area contributed by atoms with Crippen molar-refractivity contribution in [2.45, 2.75) is 401 Å². The molecule has 3 aliphatic heterocycles. The Kier molecular flexibility index (Phi) is 48.5. The first-order valence-electron chi connectivity index (χ1n) is 36.4. The Morgan fingerprint density at radius 3 is 1.09 bits per heavy atom. The summed E-state index contributed by atoms with van der Waals surface area (Å²) < 4.78 is 34.4. The van der Waals surface area contributed by atoms with E-state index in [4.69, 9.17) is 28.4 Å². The van der Waals surface area contributed by atoms with Crippen LogP contribution in [0.1, 0.15) is 296 Å². The van der Waals surface area contributed by atoms with Gasteiger partial charge in [0.2, 0.25) is 5.91 Å². The average molecular weight is 1280 g/mol. The number of amides is 1. The minimum absolute atomic E-state index is 0.237. The minimum atomic E-state index is -1.97. The second kappa shape index (κ2) is 52.8. The molecule has 0 aromatic rings. The van der Waals surface area contributed by atoms with Gasteiger partial charge in [0.15, 0.2) is 18.9 Å². The summed E-state index contributed by atoms with van der Waals surface area (Å²) in [6.07, 6.45) is 31.6. The van der Waals surface area contributed by atoms with Crippen molar-refractivity contribution in [1.82, 2.24) is 5.32 Å². The first-order valence-corrected chi connectivity index (χ1v) is 36.4. The Morgan fingerprint density at radius 2 is 0.708 bits per heavy atom. The third kappa shape index (κ3) is 34.7. The van der Waals surface area contributed by atoms with Crippen LogP contribution in [0.3, 0.4) is 0 Å². The van der Waals surface area contributed by atoms with Gasteiger partial charge in [-0.25, -0.2) is 0 Å². The Morgan fingerprint density at radius 1 is 0.393 bits per heavy atom. The van der Waals surface area contributed by atoms with Crippen molar-refractivity contribution in [1.29, 1.82) is 0 Å². The van der Waals surface area contributed by atoms with Crippen molar-refractivity contribution in [2.24, 2.45) is 0 Å². The molecule has 3 aliphatic rings. The fraction of sp³-hybridized carbons (Fsp3) is 0.957. The second-order valence-corrected chi connectivity index (χ2v) is 26.4. The number of rotatable bonds is 57. The molecule has 526 valence electrons. The van der Waals surface area contributed by atoms with Crippen LogP contribution >= 0.6 is 0 Å². The number of aliphatic hydroxyl groups excluding tert-OH is 11. The molecule has 3 fully saturated rings. The van der Waals surface area contributed by atoms with Crippen LogP contribution in [0.4, 0.5) is 0 Å². The van der Waals surface area contributed by atoms with Gasteiger partial charge in [-0.2, -0.15) is 0 Å². The topological polar surface area (TPSA) is 307 Å². The number of nitrogens with one attached hydrogen (secondary N) is 1. The third-order valence-electron chi connectivity index (χ3n) is 18.6. The third-order valence-corrected chi connectivity index (χ3v) is 18.6. The molecular formula is C70H133NO18. The van der Waals surface area contributed by atoms with Gasteiger partial charge in [-0.15, -0.1) is 0 Å². The van der Waals surface area contributed by atoms with Gasteiger partial charge in [-0.05, 0) is 38.5 Å². The fourth-order valence-corrected chi connectivity index (χ4v) is 12.7. The van der Waals surface area contributed by atoms with Gasteiger partial charge >= 0.3 is 0 Å². The maximum atomic E-state index is 13.4. The first-order chi connectivity index (χ1) is 43.3. The summed E-state index contributed by atoms with van der Waals surface area (Å²) in [7, 11) is 0. The highest BCUT2D eigenvalue weighted by Gasteiger charge is 2.53. The Bertz CT molecular complexity index is 1670. The van der Waals surface area contributed by atoms with Gasteiger partial charge in [0, 0.05) is 6.42 Å². The van der Waals surface area contributed by atoms with Crippen LogP contribution in [0.5, 0.6) is 0 Å². The zero-order valence-electron chi connectivity index (χ0n) is 55.7. The van der Waals surface area contributed by atoms with Crippen molar-refractivity contribution in [3.05, 3.63) is 12.2 Å². The highest BCUT2D eigenvalue weighted by molar-refractivity contribution is 5.76. The van der Waals surface area contributed by atoms with E-state index in [0.717, 1.165) is 44.9 Å². The summed E-state index contributed by atoms with van der Waals surface area (Å²) in [6, 6.07) is -0.883. The molecule has 0 aliphatic carbocycles. The van der Waals surface area contributed by atoms with Crippen LogP contribution in [-0.2, 0) is 33.2 Å². The van der Waals surface area contributed by atoms with Gasteiger partial charge in [0.25, 0.3) is 0 Å². The Hall–Kier alpha value is -1.47.